The van der Waals surface area contributed by atoms with Crippen molar-refractivity contribution in [2.45, 2.75) is 26.2 Å². The maximum Gasteiger partial charge on any atom is 0.194 e. The number of fused-ring (bicyclic) bond motifs is 1. The van der Waals surface area contributed by atoms with Crippen LogP contribution in [-0.4, -0.2) is 18.1 Å². The first-order chi connectivity index (χ1) is 10.4. The molecule has 0 spiro atoms. The lowest BCUT2D eigenvalue weighted by Crippen LogP contribution is -2.16. The third-order valence-electron chi connectivity index (χ3n) is 3.47. The Morgan fingerprint density at radius 2 is 2.14 bits per heavy atom. The van der Waals surface area contributed by atoms with Gasteiger partial charge < -0.3 is 9.73 Å². The van der Waals surface area contributed by atoms with E-state index in [1.165, 1.54) is 16.5 Å². The van der Waals surface area contributed by atoms with Crippen LogP contribution in [0.5, 0.6) is 0 Å². The van der Waals surface area contributed by atoms with Crippen LogP contribution in [0.3, 0.4) is 0 Å². The number of thiophene rings is 1. The van der Waals surface area contributed by atoms with E-state index >= 15 is 0 Å². The maximum atomic E-state index is 5.91. The minimum Gasteiger partial charge on any atom is -0.441 e. The van der Waals surface area contributed by atoms with Gasteiger partial charge >= 0.3 is 0 Å². The largest absolute Gasteiger partial charge is 0.441 e. The molecule has 0 saturated carbocycles. The molecule has 21 heavy (non-hydrogen) atoms. The van der Waals surface area contributed by atoms with Gasteiger partial charge in [-0.05, 0) is 32.0 Å². The second-order valence-corrected chi connectivity index (χ2v) is 6.03. The van der Waals surface area contributed by atoms with Crippen molar-refractivity contribution in [2.75, 3.05) is 13.1 Å². The molecule has 110 valence electrons. The van der Waals surface area contributed by atoms with Gasteiger partial charge in [-0.3, -0.25) is 0 Å². The molecule has 1 aromatic carbocycles. The van der Waals surface area contributed by atoms with E-state index in [4.69, 9.17) is 4.42 Å². The lowest BCUT2D eigenvalue weighted by Gasteiger charge is -2.00. The van der Waals surface area contributed by atoms with Crippen molar-refractivity contribution in [1.29, 1.82) is 0 Å². The summed E-state index contributed by atoms with van der Waals surface area (Å²) >= 11 is 1.75. The first-order valence-electron chi connectivity index (χ1n) is 7.50. The summed E-state index contributed by atoms with van der Waals surface area (Å²) in [5.41, 5.74) is 1.15. The molecule has 0 radical (unpaired) electrons. The van der Waals surface area contributed by atoms with Crippen molar-refractivity contribution in [2.24, 2.45) is 0 Å². The fraction of sp³-hybridized carbons (Fsp3) is 0.353. The van der Waals surface area contributed by atoms with Crippen molar-refractivity contribution in [3.8, 4) is 11.3 Å². The second kappa shape index (κ2) is 6.87. The molecule has 0 fully saturated rings. The van der Waals surface area contributed by atoms with E-state index in [0.29, 0.717) is 0 Å². The van der Waals surface area contributed by atoms with Gasteiger partial charge in [0, 0.05) is 27.5 Å². The normalized spacial score (nSPS) is 11.3. The van der Waals surface area contributed by atoms with Crippen LogP contribution in [-0.2, 0) is 6.42 Å². The van der Waals surface area contributed by atoms with Gasteiger partial charge in [0.15, 0.2) is 11.7 Å². The van der Waals surface area contributed by atoms with Crippen LogP contribution in [0.2, 0.25) is 0 Å². The summed E-state index contributed by atoms with van der Waals surface area (Å²) in [7, 11) is 0. The lowest BCUT2D eigenvalue weighted by atomic mass is 10.1. The quantitative estimate of drug-likeness (QED) is 0.653. The smallest absolute Gasteiger partial charge is 0.194 e. The van der Waals surface area contributed by atoms with Gasteiger partial charge in [0.1, 0.15) is 0 Å². The number of rotatable bonds is 7. The van der Waals surface area contributed by atoms with E-state index in [-0.39, 0.29) is 0 Å². The molecule has 0 amide bonds. The summed E-state index contributed by atoms with van der Waals surface area (Å²) < 4.78 is 7.20. The zero-order valence-corrected chi connectivity index (χ0v) is 13.1. The number of benzene rings is 1. The minimum atomic E-state index is 0.832. The highest BCUT2D eigenvalue weighted by atomic mass is 32.1. The van der Waals surface area contributed by atoms with E-state index < -0.39 is 0 Å². The highest BCUT2D eigenvalue weighted by Crippen LogP contribution is 2.34. The molecule has 0 atom stereocenters. The Labute approximate surface area is 129 Å². The molecule has 0 aliphatic rings. The van der Waals surface area contributed by atoms with Crippen LogP contribution < -0.4 is 5.32 Å². The van der Waals surface area contributed by atoms with Crippen LogP contribution in [0.4, 0.5) is 0 Å². The predicted octanol–water partition coefficient (Wildman–Crippen LogP) is 4.49. The summed E-state index contributed by atoms with van der Waals surface area (Å²) in [5, 5.41) is 6.79. The molecular weight excluding hydrogens is 280 g/mol. The number of nitrogens with zero attached hydrogens (tertiary/aromatic N) is 1. The predicted molar refractivity (Wildman–Crippen MR) is 88.8 cm³/mol. The molecule has 2 heterocycles. The zero-order chi connectivity index (χ0) is 14.5. The van der Waals surface area contributed by atoms with Gasteiger partial charge in [0.25, 0.3) is 0 Å². The van der Waals surface area contributed by atoms with Gasteiger partial charge in [-0.25, -0.2) is 4.98 Å². The van der Waals surface area contributed by atoms with Crippen LogP contribution in [0.1, 0.15) is 25.7 Å². The highest BCUT2D eigenvalue weighted by Gasteiger charge is 2.11. The monoisotopic (exact) mass is 300 g/mol. The van der Waals surface area contributed by atoms with Crippen molar-refractivity contribution in [3.05, 3.63) is 41.7 Å². The third kappa shape index (κ3) is 3.34. The van der Waals surface area contributed by atoms with Gasteiger partial charge in [-0.2, -0.15) is 0 Å². The number of oxazole rings is 1. The van der Waals surface area contributed by atoms with E-state index in [1.807, 2.05) is 6.20 Å². The topological polar surface area (TPSA) is 38.1 Å². The molecule has 0 saturated heterocycles. The van der Waals surface area contributed by atoms with Gasteiger partial charge in [-0.1, -0.05) is 25.1 Å². The molecule has 3 rings (SSSR count). The van der Waals surface area contributed by atoms with Crippen LogP contribution >= 0.6 is 11.3 Å². The van der Waals surface area contributed by atoms with Gasteiger partial charge in [0.05, 0.1) is 6.20 Å². The fourth-order valence-corrected chi connectivity index (χ4v) is 3.34. The maximum absolute atomic E-state index is 5.91. The molecule has 0 aliphatic heterocycles. The van der Waals surface area contributed by atoms with Crippen LogP contribution in [0, 0.1) is 0 Å². The third-order valence-corrected chi connectivity index (χ3v) is 4.43. The Kier molecular flexibility index (Phi) is 4.68. The first-order valence-corrected chi connectivity index (χ1v) is 8.38. The Balaban J connectivity index is 1.67. The number of hydrogen-bond donors (Lipinski definition) is 1. The number of nitrogens with one attached hydrogen (secondary N) is 1. The fourth-order valence-electron chi connectivity index (χ4n) is 2.39. The Morgan fingerprint density at radius 3 is 3.05 bits per heavy atom. The number of aryl methyl sites for hydroxylation is 1. The molecule has 2 aromatic heterocycles. The van der Waals surface area contributed by atoms with Crippen molar-refractivity contribution in [1.82, 2.24) is 10.3 Å². The average molecular weight is 300 g/mol. The molecule has 3 nitrogen and oxygen atoms in total. The Hall–Kier alpha value is -1.65. The molecule has 1 N–H and O–H groups in total. The summed E-state index contributed by atoms with van der Waals surface area (Å²) in [5.74, 6) is 1.71. The molecule has 0 unspecified atom stereocenters. The van der Waals surface area contributed by atoms with E-state index in [1.54, 1.807) is 11.3 Å². The molecular formula is C17H20N2OS. The van der Waals surface area contributed by atoms with Gasteiger partial charge in [0.2, 0.25) is 0 Å². The summed E-state index contributed by atoms with van der Waals surface area (Å²) in [6.07, 6.45) is 4.97. The molecule has 0 aliphatic carbocycles. The zero-order valence-electron chi connectivity index (χ0n) is 12.3. The highest BCUT2D eigenvalue weighted by molar-refractivity contribution is 7.17. The van der Waals surface area contributed by atoms with E-state index in [0.717, 1.165) is 43.1 Å². The average Bonchev–Trinajstić information content (AvgIpc) is 3.13. The number of hydrogen-bond acceptors (Lipinski definition) is 4. The van der Waals surface area contributed by atoms with Gasteiger partial charge in [-0.15, -0.1) is 11.3 Å². The SMILES string of the molecule is CCCNCCCc1ncc(-c2csc3ccccc23)o1. The van der Waals surface area contributed by atoms with Crippen molar-refractivity contribution < 1.29 is 4.42 Å². The van der Waals surface area contributed by atoms with Crippen molar-refractivity contribution in [3.63, 3.8) is 0 Å². The summed E-state index contributed by atoms with van der Waals surface area (Å²) in [6, 6.07) is 8.41. The van der Waals surface area contributed by atoms with E-state index in [9.17, 15) is 0 Å². The van der Waals surface area contributed by atoms with Crippen LogP contribution in [0.15, 0.2) is 40.3 Å². The second-order valence-electron chi connectivity index (χ2n) is 5.12. The first kappa shape index (κ1) is 14.3. The Bertz CT molecular complexity index is 701. The summed E-state index contributed by atoms with van der Waals surface area (Å²) in [6.45, 7) is 4.28. The van der Waals surface area contributed by atoms with Crippen molar-refractivity contribution >= 4 is 21.4 Å². The Morgan fingerprint density at radius 1 is 1.24 bits per heavy atom. The minimum absolute atomic E-state index is 0.832. The molecule has 0 bridgehead atoms. The lowest BCUT2D eigenvalue weighted by molar-refractivity contribution is 0.492. The summed E-state index contributed by atoms with van der Waals surface area (Å²) in [4.78, 5) is 4.41. The standard InChI is InChI=1S/C17H20N2OS/c1-2-9-18-10-5-8-17-19-11-15(20-17)14-12-21-16-7-4-3-6-13(14)16/h3-4,6-7,11-12,18H,2,5,8-10H2,1H3. The number of aromatic nitrogens is 1. The molecule has 4 heteroatoms. The molecule has 3 aromatic rings. The van der Waals surface area contributed by atoms with E-state index in [2.05, 4.69) is 46.9 Å². The van der Waals surface area contributed by atoms with Crippen LogP contribution in [0.25, 0.3) is 21.4 Å².